The first-order valence-electron chi connectivity index (χ1n) is 15.3. The van der Waals surface area contributed by atoms with Crippen LogP contribution in [0.4, 0.5) is 11.4 Å². The van der Waals surface area contributed by atoms with Crippen LogP contribution in [0, 0.1) is 0 Å². The summed E-state index contributed by atoms with van der Waals surface area (Å²) < 4.78 is 18.4. The molecule has 0 atom stereocenters. The van der Waals surface area contributed by atoms with E-state index >= 15 is 0 Å². The van der Waals surface area contributed by atoms with Gasteiger partial charge in [-0.15, -0.1) is 0 Å². The number of benzene rings is 4. The molecular weight excluding hydrogens is 610 g/mol. The lowest BCUT2D eigenvalue weighted by Gasteiger charge is -2.17. The van der Waals surface area contributed by atoms with Crippen molar-refractivity contribution < 1.29 is 23.5 Å². The van der Waals surface area contributed by atoms with E-state index in [9.17, 15) is 14.4 Å². The van der Waals surface area contributed by atoms with E-state index in [4.69, 9.17) is 13.9 Å². The maximum Gasteiger partial charge on any atom is 0.291 e. The zero-order chi connectivity index (χ0) is 33.8. The molecule has 0 saturated heterocycles. The second-order valence-corrected chi connectivity index (χ2v) is 11.5. The molecule has 2 heterocycles. The van der Waals surface area contributed by atoms with Crippen molar-refractivity contribution in [3.8, 4) is 11.5 Å². The summed E-state index contributed by atoms with van der Waals surface area (Å²) in [7, 11) is 6.94. The van der Waals surface area contributed by atoms with Crippen molar-refractivity contribution in [3.63, 3.8) is 0 Å². The molecule has 4 aromatic carbocycles. The quantitative estimate of drug-likeness (QED) is 0.179. The lowest BCUT2D eigenvalue weighted by atomic mass is 10.1. The number of para-hydroxylation sites is 1. The fourth-order valence-corrected chi connectivity index (χ4v) is 5.55. The normalized spacial score (nSPS) is 11.2. The molecule has 0 fully saturated rings. The minimum Gasteiger partial charge on any atom is -0.493 e. The second-order valence-electron chi connectivity index (χ2n) is 11.5. The first-order chi connectivity index (χ1) is 23.2. The molecule has 6 aromatic rings. The highest BCUT2D eigenvalue weighted by molar-refractivity contribution is 6.12. The zero-order valence-electron chi connectivity index (χ0n) is 27.1. The summed E-state index contributed by atoms with van der Waals surface area (Å²) in [6, 6.07) is 24.8. The largest absolute Gasteiger partial charge is 0.493 e. The molecule has 2 N–H and O–H groups in total. The van der Waals surface area contributed by atoms with Crippen molar-refractivity contribution in [3.05, 3.63) is 124 Å². The minimum atomic E-state index is -0.703. The molecule has 0 radical (unpaired) electrons. The molecule has 0 bridgehead atoms. The Kier molecular flexibility index (Phi) is 9.22. The molecule has 11 heteroatoms. The first-order valence-corrected chi connectivity index (χ1v) is 15.3. The van der Waals surface area contributed by atoms with Crippen LogP contribution in [0.5, 0.6) is 11.5 Å². The maximum absolute atomic E-state index is 13.6. The molecule has 48 heavy (non-hydrogen) atoms. The monoisotopic (exact) mass is 645 g/mol. The zero-order valence-corrected chi connectivity index (χ0v) is 27.1. The van der Waals surface area contributed by atoms with E-state index in [0.29, 0.717) is 22.6 Å². The Bertz CT molecular complexity index is 2190. The number of carbonyl (C=O) groups excluding carboxylic acids is 2. The Morgan fingerprint density at radius 3 is 2.38 bits per heavy atom. The van der Waals surface area contributed by atoms with Gasteiger partial charge in [-0.2, -0.15) is 5.10 Å². The molecule has 2 amide bonds. The number of hydrogen-bond donors (Lipinski definition) is 2. The van der Waals surface area contributed by atoms with Crippen LogP contribution in [0.15, 0.2) is 100 Å². The number of nitrogens with one attached hydrogen (secondary N) is 2. The summed E-state index contributed by atoms with van der Waals surface area (Å²) >= 11 is 0. The molecule has 0 aliphatic heterocycles. The van der Waals surface area contributed by atoms with Crippen LogP contribution in [-0.4, -0.2) is 54.3 Å². The number of methoxy groups -OCH3 is 2. The lowest BCUT2D eigenvalue weighted by molar-refractivity contribution is 0.0997. The van der Waals surface area contributed by atoms with Crippen LogP contribution in [0.2, 0.25) is 0 Å². The van der Waals surface area contributed by atoms with E-state index in [1.54, 1.807) is 24.3 Å². The number of rotatable bonds is 11. The van der Waals surface area contributed by atoms with Gasteiger partial charge in [0.25, 0.3) is 11.8 Å². The molecule has 0 aliphatic carbocycles. The van der Waals surface area contributed by atoms with Gasteiger partial charge >= 0.3 is 0 Å². The van der Waals surface area contributed by atoms with Gasteiger partial charge < -0.3 is 29.4 Å². The van der Waals surface area contributed by atoms with Crippen LogP contribution in [0.25, 0.3) is 21.9 Å². The van der Waals surface area contributed by atoms with E-state index < -0.39 is 11.8 Å². The van der Waals surface area contributed by atoms with Gasteiger partial charge in [-0.05, 0) is 67.1 Å². The van der Waals surface area contributed by atoms with Gasteiger partial charge in [0.2, 0.25) is 0 Å². The number of hydrogen-bond acceptors (Lipinski definition) is 8. The van der Waals surface area contributed by atoms with Crippen LogP contribution in [0.1, 0.15) is 32.0 Å². The highest BCUT2D eigenvalue weighted by Gasteiger charge is 2.21. The molecule has 0 aliphatic rings. The third-order valence-electron chi connectivity index (χ3n) is 8.13. The number of anilines is 2. The van der Waals surface area contributed by atoms with Gasteiger partial charge in [0, 0.05) is 43.3 Å². The third-order valence-corrected chi connectivity index (χ3v) is 8.13. The van der Waals surface area contributed by atoms with Gasteiger partial charge in [-0.1, -0.05) is 30.3 Å². The van der Waals surface area contributed by atoms with Gasteiger partial charge in [-0.3, -0.25) is 19.1 Å². The van der Waals surface area contributed by atoms with Gasteiger partial charge in [0.1, 0.15) is 5.58 Å². The summed E-state index contributed by atoms with van der Waals surface area (Å²) in [5.41, 5.74) is 4.23. The Morgan fingerprint density at radius 1 is 0.875 bits per heavy atom. The molecule has 0 saturated carbocycles. The summed E-state index contributed by atoms with van der Waals surface area (Å²) in [6.07, 6.45) is 2.71. The average Bonchev–Trinajstić information content (AvgIpc) is 3.46. The fraction of sp³-hybridized carbons (Fsp3) is 0.189. The van der Waals surface area contributed by atoms with E-state index in [-0.39, 0.29) is 28.0 Å². The number of fused-ring (bicyclic) bond motifs is 2. The molecule has 244 valence electrons. The predicted molar refractivity (Wildman–Crippen MR) is 185 cm³/mol. The summed E-state index contributed by atoms with van der Waals surface area (Å²) in [5, 5.41) is 11.4. The number of aromatic nitrogens is 2. The Morgan fingerprint density at radius 2 is 1.60 bits per heavy atom. The summed E-state index contributed by atoms with van der Waals surface area (Å²) in [5.74, 6) is -0.778. The summed E-state index contributed by atoms with van der Waals surface area (Å²) in [4.78, 5) is 41.7. The Labute approximate surface area is 276 Å². The SMILES string of the molecule is COc1cc(NC(=O)c2cc(=O)c3ccccc3o2)c(C(=O)Nc2ccc(CCN(C)Cc3ccc4c(cnn4C)c3)cc2)cc1OC. The van der Waals surface area contributed by atoms with Crippen molar-refractivity contribution in [2.24, 2.45) is 7.05 Å². The standard InChI is InChI=1S/C37H35N5O6/c1-41(22-24-11-14-30-25(17-24)21-38-42(30)2)16-15-23-9-12-26(13-10-23)39-36(44)28-18-33(46-3)34(47-4)19-29(28)40-37(45)35-20-31(43)27-7-5-6-8-32(27)48-35/h5-14,17-21H,15-16,22H2,1-4H3,(H,39,44)(H,40,45). The van der Waals surface area contributed by atoms with Crippen LogP contribution < -0.4 is 25.5 Å². The topological polar surface area (TPSA) is 128 Å². The Hall–Kier alpha value is -5.94. The fourth-order valence-electron chi connectivity index (χ4n) is 5.55. The van der Waals surface area contributed by atoms with Crippen molar-refractivity contribution >= 4 is 45.1 Å². The van der Waals surface area contributed by atoms with E-state index in [0.717, 1.165) is 42.0 Å². The first kappa shape index (κ1) is 32.0. The van der Waals surface area contributed by atoms with Crippen LogP contribution in [-0.2, 0) is 20.0 Å². The maximum atomic E-state index is 13.6. The molecule has 0 unspecified atom stereocenters. The molecule has 11 nitrogen and oxygen atoms in total. The van der Waals surface area contributed by atoms with Crippen molar-refractivity contribution in [1.82, 2.24) is 14.7 Å². The van der Waals surface area contributed by atoms with Gasteiger partial charge in [0.15, 0.2) is 22.7 Å². The smallest absolute Gasteiger partial charge is 0.291 e. The third kappa shape index (κ3) is 6.91. The summed E-state index contributed by atoms with van der Waals surface area (Å²) in [6.45, 7) is 1.67. The number of nitrogens with zero attached hydrogens (tertiary/aromatic N) is 3. The molecule has 6 rings (SSSR count). The Balaban J connectivity index is 1.13. The van der Waals surface area contributed by atoms with E-state index in [2.05, 4.69) is 45.9 Å². The lowest BCUT2D eigenvalue weighted by Crippen LogP contribution is -2.21. The number of likely N-dealkylation sites (N-methyl/N-ethyl adjacent to an activating group) is 1. The highest BCUT2D eigenvalue weighted by Crippen LogP contribution is 2.34. The number of carbonyl (C=O) groups is 2. The molecule has 0 spiro atoms. The van der Waals surface area contributed by atoms with Gasteiger partial charge in [-0.25, -0.2) is 0 Å². The molecule has 2 aromatic heterocycles. The number of aryl methyl sites for hydroxylation is 1. The van der Waals surface area contributed by atoms with Crippen LogP contribution >= 0.6 is 0 Å². The van der Waals surface area contributed by atoms with Crippen molar-refractivity contribution in [1.29, 1.82) is 0 Å². The van der Waals surface area contributed by atoms with E-state index in [1.165, 1.54) is 31.9 Å². The highest BCUT2D eigenvalue weighted by atomic mass is 16.5. The number of ether oxygens (including phenoxy) is 2. The van der Waals surface area contributed by atoms with Crippen molar-refractivity contribution in [2.75, 3.05) is 38.4 Å². The average molecular weight is 646 g/mol. The van der Waals surface area contributed by atoms with E-state index in [1.807, 2.05) is 42.2 Å². The van der Waals surface area contributed by atoms with Crippen molar-refractivity contribution in [2.45, 2.75) is 13.0 Å². The van der Waals surface area contributed by atoms with Gasteiger partial charge in [0.05, 0.1) is 42.6 Å². The molecular formula is C37H35N5O6. The second kappa shape index (κ2) is 13.8. The van der Waals surface area contributed by atoms with Crippen LogP contribution in [0.3, 0.4) is 0 Å². The predicted octanol–water partition coefficient (Wildman–Crippen LogP) is 5.88. The minimum absolute atomic E-state index is 0.124. The number of amides is 2.